The molecule has 0 spiro atoms. The van der Waals surface area contributed by atoms with Gasteiger partial charge in [0, 0.05) is 50.3 Å². The van der Waals surface area contributed by atoms with Gasteiger partial charge in [-0.25, -0.2) is 0 Å². The molecule has 1 fully saturated rings. The molecule has 0 radical (unpaired) electrons. The lowest BCUT2D eigenvalue weighted by atomic mass is 10.2. The van der Waals surface area contributed by atoms with Crippen LogP contribution < -0.4 is 9.64 Å². The molecule has 1 aliphatic heterocycles. The van der Waals surface area contributed by atoms with E-state index >= 15 is 0 Å². The van der Waals surface area contributed by atoms with E-state index in [0.717, 1.165) is 17.8 Å². The van der Waals surface area contributed by atoms with Gasteiger partial charge < -0.3 is 19.1 Å². The summed E-state index contributed by atoms with van der Waals surface area (Å²) in [6.45, 7) is 2.28. The average Bonchev–Trinajstić information content (AvgIpc) is 3.27. The van der Waals surface area contributed by atoms with Crippen molar-refractivity contribution in [3.8, 4) is 5.75 Å². The van der Waals surface area contributed by atoms with Gasteiger partial charge in [0.1, 0.15) is 12.4 Å². The van der Waals surface area contributed by atoms with Gasteiger partial charge in [0.25, 0.3) is 5.91 Å². The van der Waals surface area contributed by atoms with Crippen LogP contribution in [0.4, 0.5) is 18.9 Å². The molecule has 4 rings (SSSR count). The van der Waals surface area contributed by atoms with Crippen molar-refractivity contribution in [2.75, 3.05) is 31.1 Å². The summed E-state index contributed by atoms with van der Waals surface area (Å²) in [5.41, 5.74) is 0.391. The number of anilines is 1. The Morgan fingerprint density at radius 2 is 1.81 bits per heavy atom. The van der Waals surface area contributed by atoms with Crippen molar-refractivity contribution in [1.29, 1.82) is 0 Å². The molecule has 1 amide bonds. The van der Waals surface area contributed by atoms with E-state index in [1.807, 2.05) is 12.1 Å². The Morgan fingerprint density at radius 1 is 1.06 bits per heavy atom. The number of halogens is 3. The second-order valence-electron chi connectivity index (χ2n) is 6.98. The van der Waals surface area contributed by atoms with Crippen LogP contribution in [-0.4, -0.2) is 47.1 Å². The summed E-state index contributed by atoms with van der Waals surface area (Å²) in [4.78, 5) is 20.6. The molecule has 0 N–H and O–H groups in total. The zero-order valence-electron chi connectivity index (χ0n) is 16.4. The fourth-order valence-electron chi connectivity index (χ4n) is 3.28. The minimum absolute atomic E-state index is 0.0475. The standard InChI is InChI=1S/C21H19F3N4O3/c22-21(23,24)15-2-1-3-17(12-15)30-14-18-13-19(26-31-18)20(29)28-10-8-27(9-11-28)16-4-6-25-7-5-16/h1-7,12-13H,8-11,14H2. The zero-order valence-corrected chi connectivity index (χ0v) is 16.4. The fraction of sp³-hybridized carbons (Fsp3) is 0.286. The van der Waals surface area contributed by atoms with E-state index in [1.54, 1.807) is 17.3 Å². The first-order valence-electron chi connectivity index (χ1n) is 9.60. The second-order valence-corrected chi connectivity index (χ2v) is 6.98. The van der Waals surface area contributed by atoms with Gasteiger partial charge >= 0.3 is 6.18 Å². The molecular formula is C21H19F3N4O3. The van der Waals surface area contributed by atoms with Crippen LogP contribution in [0.2, 0.25) is 0 Å². The van der Waals surface area contributed by atoms with Crippen molar-refractivity contribution in [3.05, 3.63) is 71.9 Å². The van der Waals surface area contributed by atoms with Gasteiger partial charge in [0.15, 0.2) is 11.5 Å². The van der Waals surface area contributed by atoms with Gasteiger partial charge in [-0.3, -0.25) is 9.78 Å². The molecule has 0 saturated carbocycles. The molecule has 1 aliphatic rings. The molecule has 3 heterocycles. The molecule has 10 heteroatoms. The van der Waals surface area contributed by atoms with Crippen LogP contribution >= 0.6 is 0 Å². The van der Waals surface area contributed by atoms with Crippen molar-refractivity contribution < 1.29 is 27.2 Å². The number of nitrogens with zero attached hydrogens (tertiary/aromatic N) is 4. The molecule has 0 aliphatic carbocycles. The van der Waals surface area contributed by atoms with E-state index < -0.39 is 11.7 Å². The van der Waals surface area contributed by atoms with Crippen LogP contribution in [0.1, 0.15) is 21.8 Å². The minimum Gasteiger partial charge on any atom is -0.486 e. The van der Waals surface area contributed by atoms with Crippen molar-refractivity contribution in [2.24, 2.45) is 0 Å². The van der Waals surface area contributed by atoms with Crippen LogP contribution in [0.5, 0.6) is 5.75 Å². The lowest BCUT2D eigenvalue weighted by molar-refractivity contribution is -0.137. The van der Waals surface area contributed by atoms with Crippen molar-refractivity contribution in [2.45, 2.75) is 12.8 Å². The molecule has 162 valence electrons. The summed E-state index contributed by atoms with van der Waals surface area (Å²) < 4.78 is 48.8. The molecule has 2 aromatic heterocycles. The number of piperazine rings is 1. The van der Waals surface area contributed by atoms with Gasteiger partial charge in [-0.1, -0.05) is 11.2 Å². The number of alkyl halides is 3. The lowest BCUT2D eigenvalue weighted by Crippen LogP contribution is -2.48. The molecule has 1 saturated heterocycles. The highest BCUT2D eigenvalue weighted by molar-refractivity contribution is 5.92. The van der Waals surface area contributed by atoms with Gasteiger partial charge in [0.05, 0.1) is 5.56 Å². The summed E-state index contributed by atoms with van der Waals surface area (Å²) in [5.74, 6) is 0.0333. The number of pyridine rings is 1. The molecule has 1 aromatic carbocycles. The van der Waals surface area contributed by atoms with Crippen LogP contribution in [0.25, 0.3) is 0 Å². The van der Waals surface area contributed by atoms with Gasteiger partial charge in [-0.05, 0) is 30.3 Å². The van der Waals surface area contributed by atoms with E-state index in [9.17, 15) is 18.0 Å². The van der Waals surface area contributed by atoms with Gasteiger partial charge in [-0.15, -0.1) is 0 Å². The second kappa shape index (κ2) is 8.66. The predicted molar refractivity (Wildman–Crippen MR) is 105 cm³/mol. The van der Waals surface area contributed by atoms with Crippen LogP contribution in [-0.2, 0) is 12.8 Å². The highest BCUT2D eigenvalue weighted by Crippen LogP contribution is 2.31. The zero-order chi connectivity index (χ0) is 21.8. The van der Waals surface area contributed by atoms with Crippen molar-refractivity contribution >= 4 is 11.6 Å². The number of carbonyl (C=O) groups excluding carboxylic acids is 1. The largest absolute Gasteiger partial charge is 0.486 e. The maximum atomic E-state index is 12.8. The SMILES string of the molecule is O=C(c1cc(COc2cccc(C(F)(F)F)c2)on1)N1CCN(c2ccncc2)CC1. The first-order valence-corrected chi connectivity index (χ1v) is 9.60. The van der Waals surface area contributed by atoms with E-state index in [2.05, 4.69) is 15.0 Å². The summed E-state index contributed by atoms with van der Waals surface area (Å²) in [7, 11) is 0. The van der Waals surface area contributed by atoms with Crippen molar-refractivity contribution in [3.63, 3.8) is 0 Å². The van der Waals surface area contributed by atoms with Gasteiger partial charge in [0.2, 0.25) is 0 Å². The normalized spacial score (nSPS) is 14.5. The van der Waals surface area contributed by atoms with E-state index in [4.69, 9.17) is 9.26 Å². The third kappa shape index (κ3) is 4.96. The number of hydrogen-bond acceptors (Lipinski definition) is 6. The van der Waals surface area contributed by atoms with Crippen LogP contribution in [0.3, 0.4) is 0 Å². The summed E-state index contributed by atoms with van der Waals surface area (Å²) >= 11 is 0. The number of benzene rings is 1. The van der Waals surface area contributed by atoms with E-state index in [1.165, 1.54) is 18.2 Å². The summed E-state index contributed by atoms with van der Waals surface area (Å²) in [6, 6.07) is 9.85. The Morgan fingerprint density at radius 3 is 2.52 bits per heavy atom. The van der Waals surface area contributed by atoms with Crippen LogP contribution in [0.15, 0.2) is 59.4 Å². The quantitative estimate of drug-likeness (QED) is 0.613. The molecule has 3 aromatic rings. The van der Waals surface area contributed by atoms with Crippen molar-refractivity contribution in [1.82, 2.24) is 15.0 Å². The molecular weight excluding hydrogens is 413 g/mol. The molecule has 7 nitrogen and oxygen atoms in total. The smallest absolute Gasteiger partial charge is 0.416 e. The maximum absolute atomic E-state index is 12.8. The third-order valence-corrected chi connectivity index (χ3v) is 4.92. The van der Waals surface area contributed by atoms with Gasteiger partial charge in [-0.2, -0.15) is 13.2 Å². The maximum Gasteiger partial charge on any atom is 0.416 e. The molecule has 0 bridgehead atoms. The predicted octanol–water partition coefficient (Wildman–Crippen LogP) is 3.63. The lowest BCUT2D eigenvalue weighted by Gasteiger charge is -2.35. The Kier molecular flexibility index (Phi) is 5.79. The Balaban J connectivity index is 1.32. The summed E-state index contributed by atoms with van der Waals surface area (Å²) in [5, 5.41) is 3.79. The number of ether oxygens (including phenoxy) is 1. The Labute approximate surface area is 176 Å². The third-order valence-electron chi connectivity index (χ3n) is 4.92. The Hall–Kier alpha value is -3.56. The van der Waals surface area contributed by atoms with E-state index in [-0.39, 0.29) is 29.7 Å². The molecule has 0 atom stereocenters. The number of aromatic nitrogens is 2. The Bertz CT molecular complexity index is 1030. The molecule has 0 unspecified atom stereocenters. The minimum atomic E-state index is -4.45. The first-order chi connectivity index (χ1) is 14.9. The topological polar surface area (TPSA) is 71.7 Å². The monoisotopic (exact) mass is 432 g/mol. The van der Waals surface area contributed by atoms with Crippen LogP contribution in [0, 0.1) is 0 Å². The highest BCUT2D eigenvalue weighted by Gasteiger charge is 2.30. The highest BCUT2D eigenvalue weighted by atomic mass is 19.4. The van der Waals surface area contributed by atoms with E-state index in [0.29, 0.717) is 26.2 Å². The summed E-state index contributed by atoms with van der Waals surface area (Å²) in [6.07, 6.45) is -0.997. The first kappa shape index (κ1) is 20.7. The number of rotatable bonds is 5. The average molecular weight is 432 g/mol. The number of amides is 1. The molecule has 31 heavy (non-hydrogen) atoms. The fourth-order valence-corrected chi connectivity index (χ4v) is 3.28. The number of hydrogen-bond donors (Lipinski definition) is 0. The number of carbonyl (C=O) groups is 1.